The van der Waals surface area contributed by atoms with Gasteiger partial charge >= 0.3 is 0 Å². The average molecular weight is 387 g/mol. The standard InChI is InChI=1S/C14H18IN3S/c1-14(2,3)16-9-8-12-17-18-13(19-12)10-6-4-5-7-11(10)15/h4-7,16H,8-9H2,1-3H3. The van der Waals surface area contributed by atoms with E-state index in [0.29, 0.717) is 0 Å². The summed E-state index contributed by atoms with van der Waals surface area (Å²) in [6.07, 6.45) is 0.929. The summed E-state index contributed by atoms with van der Waals surface area (Å²) >= 11 is 4.02. The Morgan fingerprint density at radius 3 is 2.63 bits per heavy atom. The van der Waals surface area contributed by atoms with E-state index in [-0.39, 0.29) is 5.54 Å². The first kappa shape index (κ1) is 14.9. The number of hydrogen-bond donors (Lipinski definition) is 1. The van der Waals surface area contributed by atoms with Crippen molar-refractivity contribution in [3.05, 3.63) is 32.8 Å². The van der Waals surface area contributed by atoms with Crippen molar-refractivity contribution in [1.82, 2.24) is 15.5 Å². The summed E-state index contributed by atoms with van der Waals surface area (Å²) in [7, 11) is 0. The molecule has 0 aliphatic rings. The SMILES string of the molecule is CC(C)(C)NCCc1nnc(-c2ccccc2I)s1. The second kappa shape index (κ2) is 6.28. The number of hydrogen-bond acceptors (Lipinski definition) is 4. The van der Waals surface area contributed by atoms with Gasteiger partial charge in [0.05, 0.1) is 0 Å². The second-order valence-electron chi connectivity index (χ2n) is 5.41. The van der Waals surface area contributed by atoms with Crippen LogP contribution in [-0.4, -0.2) is 22.3 Å². The maximum atomic E-state index is 4.30. The predicted molar refractivity (Wildman–Crippen MR) is 89.5 cm³/mol. The lowest BCUT2D eigenvalue weighted by molar-refractivity contribution is 0.429. The fourth-order valence-corrected chi connectivity index (χ4v) is 3.35. The highest BCUT2D eigenvalue weighted by Crippen LogP contribution is 2.27. The minimum absolute atomic E-state index is 0.155. The number of aromatic nitrogens is 2. The molecular formula is C14H18IN3S. The van der Waals surface area contributed by atoms with Gasteiger partial charge < -0.3 is 5.32 Å². The number of halogens is 1. The van der Waals surface area contributed by atoms with Crippen LogP contribution < -0.4 is 5.32 Å². The van der Waals surface area contributed by atoms with Crippen molar-refractivity contribution < 1.29 is 0 Å². The van der Waals surface area contributed by atoms with Gasteiger partial charge in [0.1, 0.15) is 10.0 Å². The largest absolute Gasteiger partial charge is 0.312 e. The molecule has 0 amide bonds. The van der Waals surface area contributed by atoms with Gasteiger partial charge in [-0.2, -0.15) is 0 Å². The summed E-state index contributed by atoms with van der Waals surface area (Å²) in [5.41, 5.74) is 1.33. The molecule has 0 atom stereocenters. The molecule has 5 heteroatoms. The molecule has 2 rings (SSSR count). The molecule has 1 aromatic carbocycles. The first-order chi connectivity index (χ1) is 8.96. The maximum Gasteiger partial charge on any atom is 0.148 e. The highest BCUT2D eigenvalue weighted by molar-refractivity contribution is 14.1. The quantitative estimate of drug-likeness (QED) is 0.813. The minimum Gasteiger partial charge on any atom is -0.312 e. The molecule has 0 radical (unpaired) electrons. The van der Waals surface area contributed by atoms with Crippen LogP contribution in [0.4, 0.5) is 0 Å². The van der Waals surface area contributed by atoms with Gasteiger partial charge in [0.25, 0.3) is 0 Å². The third-order valence-electron chi connectivity index (χ3n) is 2.57. The summed E-state index contributed by atoms with van der Waals surface area (Å²) in [6, 6.07) is 8.28. The van der Waals surface area contributed by atoms with Gasteiger partial charge in [-0.25, -0.2) is 0 Å². The van der Waals surface area contributed by atoms with E-state index in [1.54, 1.807) is 11.3 Å². The van der Waals surface area contributed by atoms with E-state index in [0.717, 1.165) is 23.0 Å². The van der Waals surface area contributed by atoms with Gasteiger partial charge in [0.15, 0.2) is 0 Å². The zero-order chi connectivity index (χ0) is 13.9. The van der Waals surface area contributed by atoms with E-state index < -0.39 is 0 Å². The minimum atomic E-state index is 0.155. The predicted octanol–water partition coefficient (Wildman–Crippen LogP) is 3.74. The van der Waals surface area contributed by atoms with Crippen LogP contribution in [0.15, 0.2) is 24.3 Å². The van der Waals surface area contributed by atoms with Crippen molar-refractivity contribution in [3.63, 3.8) is 0 Å². The lowest BCUT2D eigenvalue weighted by Gasteiger charge is -2.19. The van der Waals surface area contributed by atoms with E-state index >= 15 is 0 Å². The molecule has 19 heavy (non-hydrogen) atoms. The number of benzene rings is 1. The second-order valence-corrected chi connectivity index (χ2v) is 7.63. The first-order valence-corrected chi connectivity index (χ1v) is 8.17. The molecule has 1 N–H and O–H groups in total. The van der Waals surface area contributed by atoms with Crippen LogP contribution in [0.3, 0.4) is 0 Å². The van der Waals surface area contributed by atoms with Crippen molar-refractivity contribution in [3.8, 4) is 10.6 Å². The third kappa shape index (κ3) is 4.50. The summed E-state index contributed by atoms with van der Waals surface area (Å²) < 4.78 is 1.22. The summed E-state index contributed by atoms with van der Waals surface area (Å²) in [6.45, 7) is 7.45. The number of nitrogens with zero attached hydrogens (tertiary/aromatic N) is 2. The van der Waals surface area contributed by atoms with Crippen molar-refractivity contribution in [2.45, 2.75) is 32.7 Å². The van der Waals surface area contributed by atoms with Crippen LogP contribution in [-0.2, 0) is 6.42 Å². The van der Waals surface area contributed by atoms with E-state index in [9.17, 15) is 0 Å². The van der Waals surface area contributed by atoms with Gasteiger partial charge in [0.2, 0.25) is 0 Å². The van der Waals surface area contributed by atoms with Crippen LogP contribution in [0.2, 0.25) is 0 Å². The lowest BCUT2D eigenvalue weighted by atomic mass is 10.1. The molecule has 0 aliphatic heterocycles. The molecule has 0 unspecified atom stereocenters. The Morgan fingerprint density at radius 2 is 1.95 bits per heavy atom. The molecule has 0 spiro atoms. The number of nitrogens with one attached hydrogen (secondary N) is 1. The van der Waals surface area contributed by atoms with Crippen LogP contribution in [0, 0.1) is 3.57 Å². The lowest BCUT2D eigenvalue weighted by Crippen LogP contribution is -2.37. The van der Waals surface area contributed by atoms with Crippen molar-refractivity contribution in [2.24, 2.45) is 0 Å². The Labute approximate surface area is 132 Å². The molecule has 1 aromatic heterocycles. The highest BCUT2D eigenvalue weighted by Gasteiger charge is 2.11. The van der Waals surface area contributed by atoms with Crippen molar-refractivity contribution in [1.29, 1.82) is 0 Å². The van der Waals surface area contributed by atoms with Gasteiger partial charge in [-0.1, -0.05) is 29.5 Å². The fraction of sp³-hybridized carbons (Fsp3) is 0.429. The molecule has 0 fully saturated rings. The Bertz CT molecular complexity index is 546. The van der Waals surface area contributed by atoms with Crippen LogP contribution in [0.5, 0.6) is 0 Å². The average Bonchev–Trinajstić information content (AvgIpc) is 2.76. The van der Waals surface area contributed by atoms with Gasteiger partial charge in [-0.05, 0) is 49.4 Å². The van der Waals surface area contributed by atoms with Crippen LogP contribution in [0.1, 0.15) is 25.8 Å². The van der Waals surface area contributed by atoms with Gasteiger partial charge in [-0.3, -0.25) is 0 Å². The van der Waals surface area contributed by atoms with Gasteiger partial charge in [0, 0.05) is 27.6 Å². The molecule has 102 valence electrons. The third-order valence-corrected chi connectivity index (χ3v) is 4.52. The molecule has 0 saturated carbocycles. The normalized spacial score (nSPS) is 11.8. The molecule has 2 aromatic rings. The maximum absolute atomic E-state index is 4.30. The monoisotopic (exact) mass is 387 g/mol. The molecule has 1 heterocycles. The molecule has 0 saturated heterocycles. The summed E-state index contributed by atoms with van der Waals surface area (Å²) in [5.74, 6) is 0. The Morgan fingerprint density at radius 1 is 1.21 bits per heavy atom. The van der Waals surface area contributed by atoms with Crippen LogP contribution >= 0.6 is 33.9 Å². The highest BCUT2D eigenvalue weighted by atomic mass is 127. The number of rotatable bonds is 4. The zero-order valence-corrected chi connectivity index (χ0v) is 14.4. The van der Waals surface area contributed by atoms with Crippen molar-refractivity contribution >= 4 is 33.9 Å². The molecule has 3 nitrogen and oxygen atoms in total. The fourth-order valence-electron chi connectivity index (χ4n) is 1.64. The smallest absolute Gasteiger partial charge is 0.148 e. The zero-order valence-electron chi connectivity index (χ0n) is 11.4. The first-order valence-electron chi connectivity index (χ1n) is 6.28. The molecular weight excluding hydrogens is 369 g/mol. The molecule has 0 bridgehead atoms. The Balaban J connectivity index is 2.02. The Hall–Kier alpha value is -0.530. The van der Waals surface area contributed by atoms with E-state index in [4.69, 9.17) is 0 Å². The van der Waals surface area contributed by atoms with E-state index in [1.807, 2.05) is 12.1 Å². The van der Waals surface area contributed by atoms with E-state index in [1.165, 1.54) is 9.13 Å². The Kier molecular flexibility index (Phi) is 4.92. The summed E-state index contributed by atoms with van der Waals surface area (Å²) in [4.78, 5) is 0. The topological polar surface area (TPSA) is 37.8 Å². The summed E-state index contributed by atoms with van der Waals surface area (Å²) in [5, 5.41) is 14.1. The van der Waals surface area contributed by atoms with Crippen LogP contribution in [0.25, 0.3) is 10.6 Å². The van der Waals surface area contributed by atoms with Gasteiger partial charge in [-0.15, -0.1) is 10.2 Å². The van der Waals surface area contributed by atoms with Crippen molar-refractivity contribution in [2.75, 3.05) is 6.54 Å². The molecule has 0 aliphatic carbocycles. The van der Waals surface area contributed by atoms with E-state index in [2.05, 4.69) is 71.0 Å².